The summed E-state index contributed by atoms with van der Waals surface area (Å²) in [6.07, 6.45) is 7.22. The normalized spacial score (nSPS) is 20.1. The molecule has 2 N–H and O–H groups in total. The van der Waals surface area contributed by atoms with Crippen LogP contribution >= 0.6 is 0 Å². The van der Waals surface area contributed by atoms with Crippen molar-refractivity contribution in [1.82, 2.24) is 0 Å². The van der Waals surface area contributed by atoms with Crippen LogP contribution in [0.4, 0.5) is 5.69 Å². The molecule has 5 nitrogen and oxygen atoms in total. The minimum atomic E-state index is -0.235. The van der Waals surface area contributed by atoms with Crippen molar-refractivity contribution in [3.8, 4) is 0 Å². The van der Waals surface area contributed by atoms with E-state index in [4.69, 9.17) is 5.73 Å². The second-order valence-corrected chi connectivity index (χ2v) is 8.05. The number of ketones is 1. The van der Waals surface area contributed by atoms with Crippen LogP contribution in [0.15, 0.2) is 23.2 Å². The Morgan fingerprint density at radius 2 is 2.04 bits per heavy atom. The van der Waals surface area contributed by atoms with Crippen molar-refractivity contribution in [3.05, 3.63) is 29.3 Å². The van der Waals surface area contributed by atoms with E-state index in [-0.39, 0.29) is 29.6 Å². The fourth-order valence-corrected chi connectivity index (χ4v) is 4.42. The molecule has 1 aromatic rings. The fourth-order valence-electron chi connectivity index (χ4n) is 4.42. The lowest BCUT2D eigenvalue weighted by Crippen LogP contribution is -2.48. The lowest BCUT2D eigenvalue weighted by atomic mass is 9.82. The van der Waals surface area contributed by atoms with Gasteiger partial charge in [-0.3, -0.25) is 14.6 Å². The highest BCUT2D eigenvalue weighted by molar-refractivity contribution is 6.33. The number of rotatable bonds is 6. The summed E-state index contributed by atoms with van der Waals surface area (Å²) < 4.78 is 0. The number of hydrogen-bond acceptors (Lipinski definition) is 4. The molecule has 27 heavy (non-hydrogen) atoms. The molecule has 2 unspecified atom stereocenters. The van der Waals surface area contributed by atoms with Gasteiger partial charge in [0.15, 0.2) is 0 Å². The Labute approximate surface area is 162 Å². The van der Waals surface area contributed by atoms with Crippen LogP contribution in [-0.2, 0) is 16.1 Å². The number of anilines is 1. The van der Waals surface area contributed by atoms with Crippen molar-refractivity contribution in [2.45, 2.75) is 65.0 Å². The summed E-state index contributed by atoms with van der Waals surface area (Å²) in [7, 11) is 0. The van der Waals surface area contributed by atoms with E-state index in [0.717, 1.165) is 42.5 Å². The SMILES string of the molecule is Cc1cccc2c1N(C(CC(=O)C1CCCCC1)C(C)CN)C(=O)C=NC2. The summed E-state index contributed by atoms with van der Waals surface area (Å²) in [6.45, 7) is 4.97. The maximum Gasteiger partial charge on any atom is 0.269 e. The molecule has 1 amide bonds. The Morgan fingerprint density at radius 1 is 1.30 bits per heavy atom. The highest BCUT2D eigenvalue weighted by Crippen LogP contribution is 2.34. The molecule has 1 saturated carbocycles. The number of amides is 1. The van der Waals surface area contributed by atoms with Crippen LogP contribution in [-0.4, -0.2) is 30.5 Å². The number of carbonyl (C=O) groups is 2. The number of aliphatic imine (C=N–C) groups is 1. The smallest absolute Gasteiger partial charge is 0.269 e. The van der Waals surface area contributed by atoms with Crippen LogP contribution in [0.3, 0.4) is 0 Å². The van der Waals surface area contributed by atoms with Crippen LogP contribution in [0.25, 0.3) is 0 Å². The zero-order chi connectivity index (χ0) is 19.4. The van der Waals surface area contributed by atoms with Crippen LogP contribution in [0.2, 0.25) is 0 Å². The Hall–Kier alpha value is -2.01. The number of hydrogen-bond donors (Lipinski definition) is 1. The average molecular weight is 370 g/mol. The molecule has 146 valence electrons. The average Bonchev–Trinajstić information content (AvgIpc) is 2.85. The van der Waals surface area contributed by atoms with E-state index in [1.54, 1.807) is 4.90 Å². The van der Waals surface area contributed by atoms with Crippen molar-refractivity contribution in [2.75, 3.05) is 11.4 Å². The summed E-state index contributed by atoms with van der Waals surface area (Å²) >= 11 is 0. The maximum absolute atomic E-state index is 13.0. The lowest BCUT2D eigenvalue weighted by Gasteiger charge is -2.36. The number of nitrogens with zero attached hydrogens (tertiary/aromatic N) is 2. The number of carbonyl (C=O) groups excluding carboxylic acids is 2. The largest absolute Gasteiger partial charge is 0.330 e. The van der Waals surface area contributed by atoms with Gasteiger partial charge in [-0.1, -0.05) is 44.4 Å². The van der Waals surface area contributed by atoms with Crippen molar-refractivity contribution in [2.24, 2.45) is 22.6 Å². The number of nitrogens with two attached hydrogens (primary N) is 1. The molecule has 2 aliphatic rings. The van der Waals surface area contributed by atoms with Gasteiger partial charge in [0.25, 0.3) is 5.91 Å². The minimum Gasteiger partial charge on any atom is -0.330 e. The molecule has 1 aliphatic heterocycles. The van der Waals surface area contributed by atoms with Crippen LogP contribution < -0.4 is 10.6 Å². The molecule has 1 fully saturated rings. The van der Waals surface area contributed by atoms with Gasteiger partial charge in [0, 0.05) is 18.4 Å². The molecule has 1 heterocycles. The molecule has 2 atom stereocenters. The predicted octanol–water partition coefficient (Wildman–Crippen LogP) is 3.42. The maximum atomic E-state index is 13.0. The number of benzene rings is 1. The minimum absolute atomic E-state index is 0.0282. The summed E-state index contributed by atoms with van der Waals surface area (Å²) in [5.74, 6) is 0.299. The monoisotopic (exact) mass is 369 g/mol. The number of Topliss-reactive ketones (excluding diaryl/α,β-unsaturated/α-hetero) is 1. The van der Waals surface area contributed by atoms with Gasteiger partial charge in [0.2, 0.25) is 0 Å². The molecule has 0 aromatic heterocycles. The van der Waals surface area contributed by atoms with Crippen molar-refractivity contribution in [3.63, 3.8) is 0 Å². The second-order valence-electron chi connectivity index (χ2n) is 8.05. The molecular formula is C22H31N3O2. The molecule has 3 rings (SSSR count). The Balaban J connectivity index is 1.95. The van der Waals surface area contributed by atoms with Crippen LogP contribution in [0.5, 0.6) is 0 Å². The van der Waals surface area contributed by atoms with Gasteiger partial charge in [-0.05, 0) is 43.4 Å². The number of para-hydroxylation sites is 1. The first kappa shape index (κ1) is 19.7. The van der Waals surface area contributed by atoms with E-state index in [0.29, 0.717) is 19.5 Å². The van der Waals surface area contributed by atoms with Gasteiger partial charge >= 0.3 is 0 Å². The zero-order valence-electron chi connectivity index (χ0n) is 16.5. The van der Waals surface area contributed by atoms with E-state index in [1.807, 2.05) is 32.0 Å². The van der Waals surface area contributed by atoms with E-state index in [1.165, 1.54) is 12.6 Å². The van der Waals surface area contributed by atoms with Gasteiger partial charge in [0.05, 0.1) is 18.4 Å². The summed E-state index contributed by atoms with van der Waals surface area (Å²) in [5.41, 5.74) is 8.96. The van der Waals surface area contributed by atoms with Crippen LogP contribution in [0, 0.1) is 18.8 Å². The van der Waals surface area contributed by atoms with E-state index >= 15 is 0 Å². The van der Waals surface area contributed by atoms with Gasteiger partial charge < -0.3 is 10.6 Å². The first-order chi connectivity index (χ1) is 13.0. The molecule has 1 aromatic carbocycles. The summed E-state index contributed by atoms with van der Waals surface area (Å²) in [4.78, 5) is 32.1. The van der Waals surface area contributed by atoms with E-state index in [2.05, 4.69) is 4.99 Å². The molecular weight excluding hydrogens is 338 g/mol. The van der Waals surface area contributed by atoms with Gasteiger partial charge in [-0.25, -0.2) is 0 Å². The van der Waals surface area contributed by atoms with E-state index in [9.17, 15) is 9.59 Å². The van der Waals surface area contributed by atoms with Crippen LogP contribution in [0.1, 0.15) is 56.6 Å². The molecule has 1 aliphatic carbocycles. The quantitative estimate of drug-likeness (QED) is 0.835. The zero-order valence-corrected chi connectivity index (χ0v) is 16.5. The standard InChI is InChI=1S/C22H31N3O2/c1-15-7-6-10-18-13-24-14-21(27)25(22(15)18)19(16(2)12-23)11-20(26)17-8-4-3-5-9-17/h6-7,10,14,16-17,19H,3-5,8-9,11-13,23H2,1-2H3. The number of aryl methyl sites for hydroxylation is 1. The Morgan fingerprint density at radius 3 is 2.74 bits per heavy atom. The summed E-state index contributed by atoms with van der Waals surface area (Å²) in [6, 6.07) is 5.78. The van der Waals surface area contributed by atoms with Gasteiger partial charge in [-0.15, -0.1) is 0 Å². The topological polar surface area (TPSA) is 75.8 Å². The fraction of sp³-hybridized carbons (Fsp3) is 0.591. The third-order valence-electron chi connectivity index (χ3n) is 6.09. The third kappa shape index (κ3) is 4.29. The van der Waals surface area contributed by atoms with Crippen molar-refractivity contribution >= 4 is 23.6 Å². The number of fused-ring (bicyclic) bond motifs is 1. The first-order valence-electron chi connectivity index (χ1n) is 10.2. The molecule has 0 spiro atoms. The molecule has 0 saturated heterocycles. The Bertz CT molecular complexity index is 722. The molecule has 0 bridgehead atoms. The van der Waals surface area contributed by atoms with Crippen molar-refractivity contribution in [1.29, 1.82) is 0 Å². The van der Waals surface area contributed by atoms with Gasteiger partial charge in [0.1, 0.15) is 5.78 Å². The predicted molar refractivity (Wildman–Crippen MR) is 109 cm³/mol. The first-order valence-corrected chi connectivity index (χ1v) is 10.2. The van der Waals surface area contributed by atoms with Crippen molar-refractivity contribution < 1.29 is 9.59 Å². The van der Waals surface area contributed by atoms with Gasteiger partial charge in [-0.2, -0.15) is 0 Å². The molecule has 0 radical (unpaired) electrons. The molecule has 5 heteroatoms. The Kier molecular flexibility index (Phi) is 6.42. The summed E-state index contributed by atoms with van der Waals surface area (Å²) in [5, 5.41) is 0. The third-order valence-corrected chi connectivity index (χ3v) is 6.09. The highest BCUT2D eigenvalue weighted by atomic mass is 16.2. The highest BCUT2D eigenvalue weighted by Gasteiger charge is 2.35. The second kappa shape index (κ2) is 8.79. The van der Waals surface area contributed by atoms with E-state index < -0.39 is 0 Å². The lowest BCUT2D eigenvalue weighted by molar-refractivity contribution is -0.124.